The van der Waals surface area contributed by atoms with E-state index in [2.05, 4.69) is 20.0 Å². The van der Waals surface area contributed by atoms with Crippen LogP contribution < -0.4 is 20.9 Å². The lowest BCUT2D eigenvalue weighted by Gasteiger charge is -2.33. The van der Waals surface area contributed by atoms with Crippen molar-refractivity contribution in [1.29, 1.82) is 0 Å². The molecule has 2 aliphatic heterocycles. The summed E-state index contributed by atoms with van der Waals surface area (Å²) in [6.45, 7) is 4.83. The van der Waals surface area contributed by atoms with Crippen molar-refractivity contribution in [2.45, 2.75) is 63.6 Å². The lowest BCUT2D eigenvalue weighted by Crippen LogP contribution is -2.47. The summed E-state index contributed by atoms with van der Waals surface area (Å²) >= 11 is 0. The van der Waals surface area contributed by atoms with E-state index in [4.69, 9.17) is 33.7 Å². The number of rotatable bonds is 13. The molecular weight excluding hydrogens is 619 g/mol. The Morgan fingerprint density at radius 1 is 1.17 bits per heavy atom. The zero-order chi connectivity index (χ0) is 32.5. The molecule has 2 bridgehead atoms. The summed E-state index contributed by atoms with van der Waals surface area (Å²) in [5.41, 5.74) is 5.20. The number of aromatic amines is 1. The first kappa shape index (κ1) is 31.9. The van der Waals surface area contributed by atoms with Gasteiger partial charge in [-0.3, -0.25) is 23.7 Å². The number of H-pyrrole nitrogens is 1. The summed E-state index contributed by atoms with van der Waals surface area (Å²) < 4.78 is 52.2. The first-order chi connectivity index (χ1) is 22.1. The monoisotopic (exact) mass is 654 g/mol. The first-order valence-electron chi connectivity index (χ1n) is 14.7. The number of aromatic nitrogens is 4. The van der Waals surface area contributed by atoms with Gasteiger partial charge in [-0.25, -0.2) is 9.55 Å². The van der Waals surface area contributed by atoms with Crippen molar-refractivity contribution < 1.29 is 37.4 Å². The van der Waals surface area contributed by atoms with Crippen LogP contribution in [-0.4, -0.2) is 68.7 Å². The number of fused-ring (bicyclic) bond motifs is 3. The normalized spacial score (nSPS) is 24.2. The molecule has 0 spiro atoms. The average Bonchev–Trinajstić information content (AvgIpc) is 3.69. The standard InChI is InChI=1S/C30H35N6O9P/c1-18(2)43-28(38)19(3)35-46(39,45-21-12-8-5-9-13-21)42-16-30-15-41-23(24(30)40-14-20-10-6-4-7-11-20)27(44-30)36-17-32-22-25(36)33-29(31)34-26(22)37/h4-13,17-19,23-24,27H,14-16H2,1-3H3,(H,35,39)(H3,31,33,34,37)/t19?,23-,24+,27-,30-,46?/m1/s1. The highest BCUT2D eigenvalue weighted by Gasteiger charge is 2.64. The van der Waals surface area contributed by atoms with Crippen LogP contribution in [0.3, 0.4) is 0 Å². The van der Waals surface area contributed by atoms with Gasteiger partial charge in [0.2, 0.25) is 5.95 Å². The summed E-state index contributed by atoms with van der Waals surface area (Å²) in [4.78, 5) is 36.0. The third-order valence-corrected chi connectivity index (χ3v) is 9.10. The highest BCUT2D eigenvalue weighted by Crippen LogP contribution is 2.52. The van der Waals surface area contributed by atoms with Crippen molar-refractivity contribution >= 4 is 30.8 Å². The Morgan fingerprint density at radius 3 is 2.61 bits per heavy atom. The van der Waals surface area contributed by atoms with E-state index in [1.807, 2.05) is 30.3 Å². The molecule has 15 nitrogen and oxygen atoms in total. The number of nitrogens with two attached hydrogens (primary N) is 1. The summed E-state index contributed by atoms with van der Waals surface area (Å²) in [5.74, 6) is -0.469. The number of esters is 1. The summed E-state index contributed by atoms with van der Waals surface area (Å²) in [6, 6.07) is 16.9. The van der Waals surface area contributed by atoms with E-state index in [0.717, 1.165) is 5.56 Å². The summed E-state index contributed by atoms with van der Waals surface area (Å²) in [6.07, 6.45) is -1.27. The van der Waals surface area contributed by atoms with Gasteiger partial charge in [0.25, 0.3) is 5.56 Å². The van der Waals surface area contributed by atoms with Crippen LogP contribution in [0.15, 0.2) is 71.8 Å². The fourth-order valence-electron chi connectivity index (χ4n) is 5.38. The number of nitrogens with one attached hydrogen (secondary N) is 2. The van der Waals surface area contributed by atoms with E-state index in [1.54, 1.807) is 48.7 Å². The van der Waals surface area contributed by atoms with Gasteiger partial charge < -0.3 is 29.2 Å². The van der Waals surface area contributed by atoms with Gasteiger partial charge >= 0.3 is 13.7 Å². The highest BCUT2D eigenvalue weighted by molar-refractivity contribution is 7.52. The Balaban J connectivity index is 1.30. The fraction of sp³-hybridized carbons (Fsp3) is 0.400. The Kier molecular flexibility index (Phi) is 8.97. The molecule has 6 rings (SSSR count). The maximum Gasteiger partial charge on any atom is 0.459 e. The van der Waals surface area contributed by atoms with Crippen molar-refractivity contribution in [3.8, 4) is 5.75 Å². The number of hydrogen-bond donors (Lipinski definition) is 3. The summed E-state index contributed by atoms with van der Waals surface area (Å²) in [5, 5.41) is 2.70. The Morgan fingerprint density at radius 2 is 1.89 bits per heavy atom. The number of hydrogen-bond acceptors (Lipinski definition) is 12. The predicted molar refractivity (Wildman–Crippen MR) is 165 cm³/mol. The van der Waals surface area contributed by atoms with E-state index in [9.17, 15) is 14.2 Å². The van der Waals surface area contributed by atoms with Crippen LogP contribution in [0.5, 0.6) is 5.75 Å². The van der Waals surface area contributed by atoms with Gasteiger partial charge in [-0.15, -0.1) is 0 Å². The third-order valence-electron chi connectivity index (χ3n) is 7.48. The predicted octanol–water partition coefficient (Wildman–Crippen LogP) is 3.09. The third kappa shape index (κ3) is 6.56. The van der Waals surface area contributed by atoms with E-state index in [-0.39, 0.29) is 48.8 Å². The van der Waals surface area contributed by atoms with E-state index < -0.39 is 49.4 Å². The van der Waals surface area contributed by atoms with Crippen molar-refractivity contribution in [1.82, 2.24) is 24.6 Å². The molecular formula is C30H35N6O9P. The second kappa shape index (κ2) is 12.9. The minimum absolute atomic E-state index is 0.0205. The second-order valence-corrected chi connectivity index (χ2v) is 13.0. The number of nitrogen functional groups attached to an aromatic ring is 1. The zero-order valence-corrected chi connectivity index (χ0v) is 26.3. The molecule has 2 fully saturated rings. The van der Waals surface area contributed by atoms with Gasteiger partial charge in [-0.2, -0.15) is 10.1 Å². The molecule has 0 amide bonds. The quantitative estimate of drug-likeness (QED) is 0.141. The lowest BCUT2D eigenvalue weighted by molar-refractivity contribution is -0.184. The maximum absolute atomic E-state index is 14.3. The van der Waals surface area contributed by atoms with Gasteiger partial charge in [0.15, 0.2) is 17.4 Å². The molecule has 16 heteroatoms. The molecule has 2 aliphatic rings. The Hall–Kier alpha value is -4.11. The largest absolute Gasteiger partial charge is 0.462 e. The number of carbonyl (C=O) groups is 1. The van der Waals surface area contributed by atoms with Crippen LogP contribution in [0, 0.1) is 0 Å². The fourth-order valence-corrected chi connectivity index (χ4v) is 6.93. The van der Waals surface area contributed by atoms with Crippen molar-refractivity contribution in [3.63, 3.8) is 0 Å². The van der Waals surface area contributed by atoms with E-state index in [0.29, 0.717) is 0 Å². The molecule has 0 radical (unpaired) electrons. The average molecular weight is 655 g/mol. The molecule has 0 saturated carbocycles. The van der Waals surface area contributed by atoms with E-state index in [1.165, 1.54) is 13.3 Å². The maximum atomic E-state index is 14.3. The molecule has 0 aliphatic carbocycles. The first-order valence-corrected chi connectivity index (χ1v) is 16.2. The number of anilines is 1. The topological polar surface area (TPSA) is 191 Å². The molecule has 2 saturated heterocycles. The molecule has 2 aromatic carbocycles. The van der Waals surface area contributed by atoms with E-state index >= 15 is 0 Å². The van der Waals surface area contributed by atoms with Crippen LogP contribution in [0.4, 0.5) is 5.95 Å². The SMILES string of the molecule is CC(C)OC(=O)C(C)NP(=O)(OC[C@@]12CO[C@@H]([C@H](n3cnc4c(=O)[nH]c(N)nc43)O1)[C@@H]2OCc1ccccc1)Oc1ccccc1. The van der Waals surface area contributed by atoms with Crippen molar-refractivity contribution in [3.05, 3.63) is 82.9 Å². The van der Waals surface area contributed by atoms with Crippen LogP contribution >= 0.6 is 7.75 Å². The molecule has 2 unspecified atom stereocenters. The van der Waals surface area contributed by atoms with Crippen molar-refractivity contribution in [2.75, 3.05) is 18.9 Å². The number of carbonyl (C=O) groups excluding carboxylic acids is 1. The molecule has 46 heavy (non-hydrogen) atoms. The molecule has 244 valence electrons. The molecule has 4 aromatic rings. The van der Waals surface area contributed by atoms with Gasteiger partial charge in [-0.05, 0) is 38.5 Å². The van der Waals surface area contributed by atoms with Crippen LogP contribution in [0.25, 0.3) is 11.2 Å². The van der Waals surface area contributed by atoms with Gasteiger partial charge in [0, 0.05) is 0 Å². The van der Waals surface area contributed by atoms with Gasteiger partial charge in [0.1, 0.15) is 29.6 Å². The Labute approximate surface area is 263 Å². The summed E-state index contributed by atoms with van der Waals surface area (Å²) in [7, 11) is -4.26. The number of imidazole rings is 1. The molecule has 4 heterocycles. The highest BCUT2D eigenvalue weighted by atomic mass is 31.2. The van der Waals surface area contributed by atoms with Gasteiger partial charge in [-0.1, -0.05) is 48.5 Å². The minimum Gasteiger partial charge on any atom is -0.462 e. The Bertz CT molecular complexity index is 1790. The number of benzene rings is 2. The van der Waals surface area contributed by atoms with Crippen LogP contribution in [0.2, 0.25) is 0 Å². The zero-order valence-electron chi connectivity index (χ0n) is 25.4. The number of para-hydroxylation sites is 1. The van der Waals surface area contributed by atoms with Gasteiger partial charge in [0.05, 0.1) is 32.3 Å². The van der Waals surface area contributed by atoms with Crippen LogP contribution in [0.1, 0.15) is 32.6 Å². The minimum atomic E-state index is -4.26. The molecule has 2 aromatic heterocycles. The number of nitrogens with zero attached hydrogens (tertiary/aromatic N) is 3. The van der Waals surface area contributed by atoms with Crippen LogP contribution in [-0.2, 0) is 39.4 Å². The van der Waals surface area contributed by atoms with Crippen molar-refractivity contribution in [2.24, 2.45) is 0 Å². The number of ether oxygens (including phenoxy) is 4. The molecule has 6 atom stereocenters. The second-order valence-electron chi connectivity index (χ2n) is 11.4. The lowest BCUT2D eigenvalue weighted by atomic mass is 10.00. The smallest absolute Gasteiger partial charge is 0.459 e. The molecule has 4 N–H and O–H groups in total.